The van der Waals surface area contributed by atoms with Crippen molar-refractivity contribution in [3.05, 3.63) is 51.5 Å². The van der Waals surface area contributed by atoms with Gasteiger partial charge in [-0.05, 0) is 18.6 Å². The van der Waals surface area contributed by atoms with Crippen molar-refractivity contribution in [3.63, 3.8) is 0 Å². The van der Waals surface area contributed by atoms with Crippen LogP contribution in [0.2, 0.25) is 0 Å². The van der Waals surface area contributed by atoms with Gasteiger partial charge in [0.25, 0.3) is 0 Å². The molecule has 0 atom stereocenters. The molecule has 1 N–H and O–H groups in total. The standard InChI is InChI=1S/C14H13NO2S/c1-10-12(9-14(16)17)18-13(15-10)8-7-11-5-3-2-4-6-11/h2-8H,9H2,1H3,(H,16,17). The van der Waals surface area contributed by atoms with Crippen LogP contribution in [0.4, 0.5) is 0 Å². The first kappa shape index (κ1) is 12.5. The van der Waals surface area contributed by atoms with E-state index in [1.165, 1.54) is 11.3 Å². The van der Waals surface area contributed by atoms with E-state index in [1.807, 2.05) is 49.4 Å². The summed E-state index contributed by atoms with van der Waals surface area (Å²) in [6.07, 6.45) is 3.93. The first-order chi connectivity index (χ1) is 8.65. The molecule has 18 heavy (non-hydrogen) atoms. The molecule has 0 spiro atoms. The number of carbonyl (C=O) groups is 1. The van der Waals surface area contributed by atoms with Crippen LogP contribution in [0.5, 0.6) is 0 Å². The van der Waals surface area contributed by atoms with E-state index in [-0.39, 0.29) is 6.42 Å². The number of aryl methyl sites for hydroxylation is 1. The summed E-state index contributed by atoms with van der Waals surface area (Å²) in [7, 11) is 0. The Bertz CT molecular complexity index is 573. The van der Waals surface area contributed by atoms with Gasteiger partial charge in [0.15, 0.2) is 0 Å². The van der Waals surface area contributed by atoms with Gasteiger partial charge in [0.2, 0.25) is 0 Å². The predicted molar refractivity (Wildman–Crippen MR) is 73.6 cm³/mol. The molecule has 0 unspecified atom stereocenters. The van der Waals surface area contributed by atoms with Crippen LogP contribution in [-0.4, -0.2) is 16.1 Å². The molecule has 3 nitrogen and oxygen atoms in total. The van der Waals surface area contributed by atoms with Gasteiger partial charge in [-0.15, -0.1) is 11.3 Å². The van der Waals surface area contributed by atoms with Gasteiger partial charge in [0, 0.05) is 4.88 Å². The van der Waals surface area contributed by atoms with E-state index in [0.717, 1.165) is 21.1 Å². The number of carboxylic acids is 1. The van der Waals surface area contributed by atoms with Crippen molar-refractivity contribution in [1.82, 2.24) is 4.98 Å². The summed E-state index contributed by atoms with van der Waals surface area (Å²) < 4.78 is 0. The average Bonchev–Trinajstić information content (AvgIpc) is 2.68. The lowest BCUT2D eigenvalue weighted by atomic mass is 10.2. The minimum atomic E-state index is -0.819. The molecule has 92 valence electrons. The van der Waals surface area contributed by atoms with Gasteiger partial charge in [-0.1, -0.05) is 36.4 Å². The minimum absolute atomic E-state index is 0.0443. The fraction of sp³-hybridized carbons (Fsp3) is 0.143. The maximum Gasteiger partial charge on any atom is 0.308 e. The number of hydrogen-bond acceptors (Lipinski definition) is 3. The summed E-state index contributed by atoms with van der Waals surface area (Å²) in [4.78, 5) is 15.8. The van der Waals surface area contributed by atoms with Crippen LogP contribution in [0, 0.1) is 6.92 Å². The molecule has 4 heteroatoms. The van der Waals surface area contributed by atoms with E-state index in [2.05, 4.69) is 4.98 Å². The second kappa shape index (κ2) is 5.60. The predicted octanol–water partition coefficient (Wildman–Crippen LogP) is 3.25. The summed E-state index contributed by atoms with van der Waals surface area (Å²) >= 11 is 1.43. The Balaban J connectivity index is 2.15. The number of benzene rings is 1. The Morgan fingerprint density at radius 2 is 2.06 bits per heavy atom. The van der Waals surface area contributed by atoms with Crippen LogP contribution in [0.25, 0.3) is 12.2 Å². The molecular weight excluding hydrogens is 246 g/mol. The SMILES string of the molecule is Cc1nc(C=Cc2ccccc2)sc1CC(=O)O. The largest absolute Gasteiger partial charge is 0.481 e. The molecule has 0 bridgehead atoms. The molecule has 0 saturated carbocycles. The van der Waals surface area contributed by atoms with Crippen LogP contribution in [0.1, 0.15) is 21.1 Å². The highest BCUT2D eigenvalue weighted by atomic mass is 32.1. The summed E-state index contributed by atoms with van der Waals surface area (Å²) in [6.45, 7) is 1.84. The van der Waals surface area contributed by atoms with E-state index < -0.39 is 5.97 Å². The quantitative estimate of drug-likeness (QED) is 0.917. The third-order valence-electron chi connectivity index (χ3n) is 2.44. The Hall–Kier alpha value is -1.94. The molecule has 0 saturated heterocycles. The first-order valence-electron chi connectivity index (χ1n) is 5.56. The van der Waals surface area contributed by atoms with Gasteiger partial charge in [-0.2, -0.15) is 0 Å². The molecule has 1 heterocycles. The lowest BCUT2D eigenvalue weighted by Crippen LogP contribution is -1.99. The van der Waals surface area contributed by atoms with Crippen molar-refractivity contribution in [1.29, 1.82) is 0 Å². The highest BCUT2D eigenvalue weighted by molar-refractivity contribution is 7.12. The number of carboxylic acid groups (broad SMARTS) is 1. The third kappa shape index (κ3) is 3.28. The van der Waals surface area contributed by atoms with E-state index in [0.29, 0.717) is 0 Å². The number of aliphatic carboxylic acids is 1. The van der Waals surface area contributed by atoms with Crippen molar-refractivity contribution in [3.8, 4) is 0 Å². The van der Waals surface area contributed by atoms with Gasteiger partial charge in [0.1, 0.15) is 5.01 Å². The summed E-state index contributed by atoms with van der Waals surface area (Å²) in [5.41, 5.74) is 1.90. The van der Waals surface area contributed by atoms with Crippen LogP contribution in [-0.2, 0) is 11.2 Å². The van der Waals surface area contributed by atoms with Crippen molar-refractivity contribution < 1.29 is 9.90 Å². The zero-order chi connectivity index (χ0) is 13.0. The van der Waals surface area contributed by atoms with E-state index >= 15 is 0 Å². The number of rotatable bonds is 4. The zero-order valence-electron chi connectivity index (χ0n) is 9.96. The third-order valence-corrected chi connectivity index (χ3v) is 3.56. The highest BCUT2D eigenvalue weighted by Gasteiger charge is 2.09. The molecule has 1 aromatic carbocycles. The number of thiazole rings is 1. The van der Waals surface area contributed by atoms with Gasteiger partial charge < -0.3 is 5.11 Å². The second-order valence-electron chi connectivity index (χ2n) is 3.88. The second-order valence-corrected chi connectivity index (χ2v) is 4.99. The smallest absolute Gasteiger partial charge is 0.308 e. The number of hydrogen-bond donors (Lipinski definition) is 1. The van der Waals surface area contributed by atoms with Crippen LogP contribution in [0.3, 0.4) is 0 Å². The van der Waals surface area contributed by atoms with Gasteiger partial charge >= 0.3 is 5.97 Å². The number of nitrogens with zero attached hydrogens (tertiary/aromatic N) is 1. The van der Waals surface area contributed by atoms with Crippen molar-refractivity contribution >= 4 is 29.5 Å². The van der Waals surface area contributed by atoms with Gasteiger partial charge in [-0.25, -0.2) is 4.98 Å². The maximum atomic E-state index is 10.7. The minimum Gasteiger partial charge on any atom is -0.481 e. The molecule has 0 aliphatic rings. The molecule has 2 aromatic rings. The number of aromatic nitrogens is 1. The molecule has 0 aliphatic carbocycles. The lowest BCUT2D eigenvalue weighted by Gasteiger charge is -1.90. The highest BCUT2D eigenvalue weighted by Crippen LogP contribution is 2.20. The van der Waals surface area contributed by atoms with Crippen LogP contribution < -0.4 is 0 Å². The van der Waals surface area contributed by atoms with Crippen molar-refractivity contribution in [2.45, 2.75) is 13.3 Å². The van der Waals surface area contributed by atoms with Crippen LogP contribution in [0.15, 0.2) is 30.3 Å². The van der Waals surface area contributed by atoms with E-state index in [1.54, 1.807) is 0 Å². The molecule has 0 aliphatic heterocycles. The summed E-state index contributed by atoms with van der Waals surface area (Å²) in [5.74, 6) is -0.819. The van der Waals surface area contributed by atoms with Gasteiger partial charge in [-0.3, -0.25) is 4.79 Å². The summed E-state index contributed by atoms with van der Waals surface area (Å²) in [5, 5.41) is 9.61. The first-order valence-corrected chi connectivity index (χ1v) is 6.38. The Morgan fingerprint density at radius 1 is 1.33 bits per heavy atom. The van der Waals surface area contributed by atoms with E-state index in [4.69, 9.17) is 5.11 Å². The zero-order valence-corrected chi connectivity index (χ0v) is 10.8. The topological polar surface area (TPSA) is 50.2 Å². The Morgan fingerprint density at radius 3 is 2.72 bits per heavy atom. The van der Waals surface area contributed by atoms with Crippen molar-refractivity contribution in [2.75, 3.05) is 0 Å². The Kier molecular flexibility index (Phi) is 3.89. The molecule has 1 aromatic heterocycles. The van der Waals surface area contributed by atoms with E-state index in [9.17, 15) is 4.79 Å². The maximum absolute atomic E-state index is 10.7. The lowest BCUT2D eigenvalue weighted by molar-refractivity contribution is -0.136. The molecule has 2 rings (SSSR count). The Labute approximate surface area is 109 Å². The molecule has 0 radical (unpaired) electrons. The molecule has 0 amide bonds. The van der Waals surface area contributed by atoms with Crippen LogP contribution >= 0.6 is 11.3 Å². The molecular formula is C14H13NO2S. The normalized spacial score (nSPS) is 10.9. The average molecular weight is 259 g/mol. The fourth-order valence-corrected chi connectivity index (χ4v) is 2.51. The van der Waals surface area contributed by atoms with Crippen molar-refractivity contribution in [2.24, 2.45) is 0 Å². The summed E-state index contributed by atoms with van der Waals surface area (Å²) in [6, 6.07) is 9.94. The van der Waals surface area contributed by atoms with Gasteiger partial charge in [0.05, 0.1) is 12.1 Å². The fourth-order valence-electron chi connectivity index (χ4n) is 1.55. The molecule has 0 fully saturated rings. The monoisotopic (exact) mass is 259 g/mol.